The van der Waals surface area contributed by atoms with Crippen LogP contribution in [0.1, 0.15) is 15.9 Å². The lowest BCUT2D eigenvalue weighted by atomic mass is 10.1. The molecule has 114 valence electrons. The summed E-state index contributed by atoms with van der Waals surface area (Å²) in [6.07, 6.45) is 0. The average molecular weight is 321 g/mol. The zero-order valence-corrected chi connectivity index (χ0v) is 12.7. The fraction of sp³-hybridized carbons (Fsp3) is 0.133. The minimum Gasteiger partial charge on any atom is -0.449 e. The number of carbonyl (C=O) groups excluding carboxylic acids is 1. The van der Waals surface area contributed by atoms with Crippen LogP contribution in [-0.4, -0.2) is 17.9 Å². The SMILES string of the molecule is CNC(=O)c1ccc(Oc2ccc(C)cc2Cl)c([N+](=O)[O-])c1. The van der Waals surface area contributed by atoms with E-state index in [0.29, 0.717) is 10.8 Å². The molecule has 0 aliphatic rings. The molecule has 22 heavy (non-hydrogen) atoms. The number of nitrogens with zero attached hydrogens (tertiary/aromatic N) is 1. The Kier molecular flexibility index (Phi) is 4.62. The van der Waals surface area contributed by atoms with Crippen molar-refractivity contribution in [3.63, 3.8) is 0 Å². The minimum atomic E-state index is -0.607. The lowest BCUT2D eigenvalue weighted by Crippen LogP contribution is -2.17. The highest BCUT2D eigenvalue weighted by Gasteiger charge is 2.19. The molecule has 2 aromatic carbocycles. The van der Waals surface area contributed by atoms with Gasteiger partial charge in [-0.3, -0.25) is 14.9 Å². The van der Waals surface area contributed by atoms with E-state index in [-0.39, 0.29) is 17.0 Å². The van der Waals surface area contributed by atoms with Crippen LogP contribution < -0.4 is 10.1 Å². The smallest absolute Gasteiger partial charge is 0.312 e. The van der Waals surface area contributed by atoms with Crippen LogP contribution in [0.15, 0.2) is 36.4 Å². The molecule has 0 saturated heterocycles. The monoisotopic (exact) mass is 320 g/mol. The van der Waals surface area contributed by atoms with Crippen molar-refractivity contribution in [2.24, 2.45) is 0 Å². The molecule has 0 saturated carbocycles. The van der Waals surface area contributed by atoms with E-state index in [0.717, 1.165) is 11.6 Å². The van der Waals surface area contributed by atoms with Crippen LogP contribution in [0, 0.1) is 17.0 Å². The normalized spacial score (nSPS) is 10.1. The molecule has 2 aromatic rings. The number of ether oxygens (including phenoxy) is 1. The van der Waals surface area contributed by atoms with Gasteiger partial charge < -0.3 is 10.1 Å². The number of aryl methyl sites for hydroxylation is 1. The minimum absolute atomic E-state index is 0.0170. The summed E-state index contributed by atoms with van der Waals surface area (Å²) < 4.78 is 5.52. The van der Waals surface area contributed by atoms with E-state index >= 15 is 0 Å². The van der Waals surface area contributed by atoms with Crippen LogP contribution in [0.5, 0.6) is 11.5 Å². The Labute approximate surface area is 131 Å². The summed E-state index contributed by atoms with van der Waals surface area (Å²) in [6, 6.07) is 9.10. The lowest BCUT2D eigenvalue weighted by Gasteiger charge is -2.09. The van der Waals surface area contributed by atoms with E-state index in [1.165, 1.54) is 19.2 Å². The first-order chi connectivity index (χ1) is 10.4. The van der Waals surface area contributed by atoms with Crippen LogP contribution >= 0.6 is 11.6 Å². The van der Waals surface area contributed by atoms with Crippen LogP contribution in [0.3, 0.4) is 0 Å². The number of hydrogen-bond acceptors (Lipinski definition) is 4. The molecular weight excluding hydrogens is 308 g/mol. The molecule has 2 rings (SSSR count). The highest BCUT2D eigenvalue weighted by atomic mass is 35.5. The molecule has 0 bridgehead atoms. The number of hydrogen-bond donors (Lipinski definition) is 1. The van der Waals surface area contributed by atoms with Crippen molar-refractivity contribution in [2.75, 3.05) is 7.05 Å². The van der Waals surface area contributed by atoms with Gasteiger partial charge in [0.05, 0.1) is 9.95 Å². The number of nitro benzene ring substituents is 1. The van der Waals surface area contributed by atoms with E-state index in [2.05, 4.69) is 5.32 Å². The maximum atomic E-state index is 11.6. The molecule has 6 nitrogen and oxygen atoms in total. The molecule has 0 radical (unpaired) electrons. The Morgan fingerprint density at radius 2 is 1.91 bits per heavy atom. The van der Waals surface area contributed by atoms with Crippen molar-refractivity contribution >= 4 is 23.2 Å². The van der Waals surface area contributed by atoms with Gasteiger partial charge in [0.15, 0.2) is 0 Å². The predicted octanol–water partition coefficient (Wildman–Crippen LogP) is 3.71. The fourth-order valence-corrected chi connectivity index (χ4v) is 2.11. The van der Waals surface area contributed by atoms with Gasteiger partial charge in [-0.1, -0.05) is 17.7 Å². The molecule has 0 atom stereocenters. The maximum absolute atomic E-state index is 11.6. The Hall–Kier alpha value is -2.60. The van der Waals surface area contributed by atoms with Crippen molar-refractivity contribution < 1.29 is 14.5 Å². The van der Waals surface area contributed by atoms with E-state index in [1.54, 1.807) is 18.2 Å². The number of halogens is 1. The largest absolute Gasteiger partial charge is 0.449 e. The van der Waals surface area contributed by atoms with Crippen molar-refractivity contribution in [1.29, 1.82) is 0 Å². The first kappa shape index (κ1) is 15.8. The van der Waals surface area contributed by atoms with E-state index in [1.807, 2.05) is 6.92 Å². The molecule has 1 amide bonds. The molecule has 1 N–H and O–H groups in total. The summed E-state index contributed by atoms with van der Waals surface area (Å²) in [4.78, 5) is 22.1. The Morgan fingerprint density at radius 1 is 1.23 bits per heavy atom. The van der Waals surface area contributed by atoms with Crippen LogP contribution in [0.4, 0.5) is 5.69 Å². The van der Waals surface area contributed by atoms with Gasteiger partial charge in [0.25, 0.3) is 5.91 Å². The quantitative estimate of drug-likeness (QED) is 0.687. The van der Waals surface area contributed by atoms with Gasteiger partial charge >= 0.3 is 5.69 Å². The molecule has 0 aliphatic heterocycles. The van der Waals surface area contributed by atoms with Gasteiger partial charge in [0, 0.05) is 18.7 Å². The molecule has 0 heterocycles. The third-order valence-corrected chi connectivity index (χ3v) is 3.25. The number of benzene rings is 2. The summed E-state index contributed by atoms with van der Waals surface area (Å²) in [5, 5.41) is 13.9. The molecule has 0 fully saturated rings. The van der Waals surface area contributed by atoms with Crippen LogP contribution in [-0.2, 0) is 0 Å². The highest BCUT2D eigenvalue weighted by molar-refractivity contribution is 6.32. The van der Waals surface area contributed by atoms with Gasteiger partial charge in [-0.25, -0.2) is 0 Å². The first-order valence-corrected chi connectivity index (χ1v) is 6.74. The molecular formula is C15H13ClN2O4. The second-order valence-electron chi connectivity index (χ2n) is 4.55. The van der Waals surface area contributed by atoms with E-state index < -0.39 is 10.8 Å². The van der Waals surface area contributed by atoms with Crippen LogP contribution in [0.25, 0.3) is 0 Å². The number of rotatable bonds is 4. The van der Waals surface area contributed by atoms with Crippen LogP contribution in [0.2, 0.25) is 5.02 Å². The third-order valence-electron chi connectivity index (χ3n) is 2.95. The Bertz CT molecular complexity index is 746. The number of nitro groups is 1. The Balaban J connectivity index is 2.42. The van der Waals surface area contributed by atoms with Gasteiger partial charge in [-0.05, 0) is 36.8 Å². The number of carbonyl (C=O) groups is 1. The molecule has 0 unspecified atom stereocenters. The average Bonchev–Trinajstić information content (AvgIpc) is 2.49. The number of nitrogens with one attached hydrogen (secondary N) is 1. The summed E-state index contributed by atoms with van der Waals surface area (Å²) in [7, 11) is 1.45. The lowest BCUT2D eigenvalue weighted by molar-refractivity contribution is -0.385. The Morgan fingerprint density at radius 3 is 2.50 bits per heavy atom. The second-order valence-corrected chi connectivity index (χ2v) is 4.96. The van der Waals surface area contributed by atoms with Gasteiger partial charge in [0.1, 0.15) is 5.75 Å². The van der Waals surface area contributed by atoms with Crippen molar-refractivity contribution in [3.8, 4) is 11.5 Å². The fourth-order valence-electron chi connectivity index (χ4n) is 1.84. The van der Waals surface area contributed by atoms with Gasteiger partial charge in [-0.15, -0.1) is 0 Å². The van der Waals surface area contributed by atoms with Gasteiger partial charge in [0.2, 0.25) is 5.75 Å². The summed E-state index contributed by atoms with van der Waals surface area (Å²) in [5.41, 5.74) is 0.816. The van der Waals surface area contributed by atoms with Gasteiger partial charge in [-0.2, -0.15) is 0 Å². The molecule has 7 heteroatoms. The molecule has 0 aliphatic carbocycles. The first-order valence-electron chi connectivity index (χ1n) is 6.37. The highest BCUT2D eigenvalue weighted by Crippen LogP contribution is 2.35. The standard InChI is InChI=1S/C15H13ClN2O4/c1-9-3-5-13(11(16)7-9)22-14-6-4-10(15(19)17-2)8-12(14)18(20)21/h3-8H,1-2H3,(H,17,19). The number of amides is 1. The van der Waals surface area contributed by atoms with E-state index in [9.17, 15) is 14.9 Å². The molecule has 0 spiro atoms. The zero-order chi connectivity index (χ0) is 16.3. The summed E-state index contributed by atoms with van der Waals surface area (Å²) in [6.45, 7) is 1.87. The van der Waals surface area contributed by atoms with Crippen molar-refractivity contribution in [3.05, 3.63) is 62.7 Å². The topological polar surface area (TPSA) is 81.5 Å². The van der Waals surface area contributed by atoms with Crippen molar-refractivity contribution in [1.82, 2.24) is 5.32 Å². The zero-order valence-electron chi connectivity index (χ0n) is 11.9. The maximum Gasteiger partial charge on any atom is 0.312 e. The van der Waals surface area contributed by atoms with Crippen molar-refractivity contribution in [2.45, 2.75) is 6.92 Å². The van der Waals surface area contributed by atoms with E-state index in [4.69, 9.17) is 16.3 Å². The summed E-state index contributed by atoms with van der Waals surface area (Å²) in [5.74, 6) is -0.0884. The summed E-state index contributed by atoms with van der Waals surface area (Å²) >= 11 is 6.06. The third kappa shape index (κ3) is 3.35. The second kappa shape index (κ2) is 6.44. The molecule has 0 aromatic heterocycles. The predicted molar refractivity (Wildman–Crippen MR) is 82.7 cm³/mol.